The van der Waals surface area contributed by atoms with Crippen LogP contribution in [0.15, 0.2) is 77.7 Å². The Kier molecular flexibility index (Phi) is 6.81. The highest BCUT2D eigenvalue weighted by molar-refractivity contribution is 7.90. The zero-order chi connectivity index (χ0) is 23.3. The van der Waals surface area contributed by atoms with Gasteiger partial charge in [-0.1, -0.05) is 30.3 Å². The lowest BCUT2D eigenvalue weighted by Gasteiger charge is -2.14. The molecule has 0 spiro atoms. The molecule has 0 fully saturated rings. The molecule has 9 heteroatoms. The summed E-state index contributed by atoms with van der Waals surface area (Å²) in [7, 11) is -3.52. The van der Waals surface area contributed by atoms with Crippen LogP contribution in [0.2, 0.25) is 0 Å². The van der Waals surface area contributed by atoms with E-state index in [0.29, 0.717) is 28.4 Å². The molecule has 0 saturated carbocycles. The van der Waals surface area contributed by atoms with Gasteiger partial charge < -0.3 is 24.6 Å². The fraction of sp³-hybridized carbons (Fsp3) is 0.208. The number of fused-ring (bicyclic) bond motifs is 1. The fourth-order valence-corrected chi connectivity index (χ4v) is 4.62. The molecule has 1 aliphatic rings. The highest BCUT2D eigenvalue weighted by Crippen LogP contribution is 2.35. The van der Waals surface area contributed by atoms with Crippen LogP contribution in [0.4, 0.5) is 0 Å². The third-order valence-corrected chi connectivity index (χ3v) is 6.64. The predicted octanol–water partition coefficient (Wildman–Crippen LogP) is 2.56. The summed E-state index contributed by atoms with van der Waals surface area (Å²) in [5.41, 5.74) is 0.804. The van der Waals surface area contributed by atoms with Crippen LogP contribution in [0.5, 0.6) is 17.2 Å². The molecule has 0 aromatic heterocycles. The Labute approximate surface area is 191 Å². The lowest BCUT2D eigenvalue weighted by atomic mass is 10.1. The van der Waals surface area contributed by atoms with Gasteiger partial charge in [-0.25, -0.2) is 8.42 Å². The van der Waals surface area contributed by atoms with Gasteiger partial charge in [0.25, 0.3) is 5.91 Å². The van der Waals surface area contributed by atoms with Crippen LogP contribution in [0, 0.1) is 0 Å². The second kappa shape index (κ2) is 9.93. The molecule has 1 unspecified atom stereocenters. The van der Waals surface area contributed by atoms with E-state index in [0.717, 1.165) is 0 Å². The lowest BCUT2D eigenvalue weighted by Crippen LogP contribution is -2.35. The van der Waals surface area contributed by atoms with Crippen molar-refractivity contribution in [2.24, 2.45) is 0 Å². The van der Waals surface area contributed by atoms with E-state index in [1.807, 2.05) is 0 Å². The normalized spacial score (nSPS) is 13.4. The number of carbonyl (C=O) groups is 1. The summed E-state index contributed by atoms with van der Waals surface area (Å²) in [6.45, 7) is 0.0953. The third-order valence-electron chi connectivity index (χ3n) is 4.93. The van der Waals surface area contributed by atoms with E-state index < -0.39 is 21.8 Å². The fourth-order valence-electron chi connectivity index (χ4n) is 3.26. The predicted molar refractivity (Wildman–Crippen MR) is 120 cm³/mol. The molecule has 3 aromatic rings. The number of sulfone groups is 1. The zero-order valence-corrected chi connectivity index (χ0v) is 18.5. The van der Waals surface area contributed by atoms with Gasteiger partial charge in [-0.2, -0.15) is 0 Å². The van der Waals surface area contributed by atoms with Crippen LogP contribution in [0.3, 0.4) is 0 Å². The largest absolute Gasteiger partial charge is 0.491 e. The van der Waals surface area contributed by atoms with Crippen molar-refractivity contribution in [3.63, 3.8) is 0 Å². The van der Waals surface area contributed by atoms with Gasteiger partial charge in [-0.15, -0.1) is 0 Å². The van der Waals surface area contributed by atoms with E-state index in [1.165, 1.54) is 6.07 Å². The van der Waals surface area contributed by atoms with Crippen molar-refractivity contribution in [1.82, 2.24) is 5.32 Å². The van der Waals surface area contributed by atoms with E-state index in [1.54, 1.807) is 66.7 Å². The van der Waals surface area contributed by atoms with Crippen molar-refractivity contribution in [2.75, 3.05) is 19.9 Å². The molecular formula is C24H23NO7S. The molecule has 0 aliphatic carbocycles. The lowest BCUT2D eigenvalue weighted by molar-refractivity contribution is 0.0843. The Balaban J connectivity index is 1.29. The minimum atomic E-state index is -3.52. The van der Waals surface area contributed by atoms with Gasteiger partial charge in [0.1, 0.15) is 18.5 Å². The summed E-state index contributed by atoms with van der Waals surface area (Å²) in [6, 6.07) is 19.7. The number of nitrogens with one attached hydrogen (secondary N) is 1. The number of rotatable bonds is 9. The number of aliphatic hydroxyl groups excluding tert-OH is 1. The highest BCUT2D eigenvalue weighted by Gasteiger charge is 2.17. The molecule has 33 heavy (non-hydrogen) atoms. The third kappa shape index (κ3) is 5.82. The standard InChI is InChI=1S/C24H23NO7S/c26-19(14-30-20-9-10-22-23(12-20)32-16-31-22)13-25-24(27)18-6-4-5-17(11-18)15-33(28,29)21-7-2-1-3-8-21/h1-12,19,26H,13-16H2,(H,25,27). The van der Waals surface area contributed by atoms with E-state index in [-0.39, 0.29) is 30.6 Å². The summed E-state index contributed by atoms with van der Waals surface area (Å²) >= 11 is 0. The number of hydrogen-bond acceptors (Lipinski definition) is 7. The summed E-state index contributed by atoms with van der Waals surface area (Å²) in [5, 5.41) is 12.8. The number of carbonyl (C=O) groups excluding carboxylic acids is 1. The Hall–Kier alpha value is -3.56. The van der Waals surface area contributed by atoms with Crippen molar-refractivity contribution in [2.45, 2.75) is 16.8 Å². The summed E-state index contributed by atoms with van der Waals surface area (Å²) in [4.78, 5) is 12.7. The van der Waals surface area contributed by atoms with Crippen molar-refractivity contribution < 1.29 is 32.5 Å². The van der Waals surface area contributed by atoms with Crippen LogP contribution < -0.4 is 19.5 Å². The smallest absolute Gasteiger partial charge is 0.251 e. The number of ether oxygens (including phenoxy) is 3. The zero-order valence-electron chi connectivity index (χ0n) is 17.6. The molecule has 2 N–H and O–H groups in total. The molecule has 0 saturated heterocycles. The van der Waals surface area contributed by atoms with E-state index in [2.05, 4.69) is 5.32 Å². The van der Waals surface area contributed by atoms with Crippen LogP contribution in [0.1, 0.15) is 15.9 Å². The van der Waals surface area contributed by atoms with E-state index in [4.69, 9.17) is 14.2 Å². The van der Waals surface area contributed by atoms with Gasteiger partial charge in [0.15, 0.2) is 21.3 Å². The molecule has 1 aliphatic heterocycles. The van der Waals surface area contributed by atoms with E-state index in [9.17, 15) is 18.3 Å². The SMILES string of the molecule is O=C(NCC(O)COc1ccc2c(c1)OCO2)c1cccc(CS(=O)(=O)c2ccccc2)c1. The minimum absolute atomic E-state index is 0.0318. The topological polar surface area (TPSA) is 111 Å². The molecule has 0 radical (unpaired) electrons. The molecule has 0 bridgehead atoms. The maximum absolute atomic E-state index is 12.6. The first-order valence-electron chi connectivity index (χ1n) is 10.3. The van der Waals surface area contributed by atoms with Gasteiger partial charge in [0.05, 0.1) is 10.6 Å². The van der Waals surface area contributed by atoms with Crippen LogP contribution in [-0.4, -0.2) is 45.5 Å². The minimum Gasteiger partial charge on any atom is -0.491 e. The molecule has 1 heterocycles. The first-order chi connectivity index (χ1) is 15.9. The van der Waals surface area contributed by atoms with Crippen LogP contribution >= 0.6 is 0 Å². The summed E-state index contributed by atoms with van der Waals surface area (Å²) < 4.78 is 41.2. The monoisotopic (exact) mass is 469 g/mol. The number of benzene rings is 3. The van der Waals surface area contributed by atoms with Crippen molar-refractivity contribution in [3.05, 3.63) is 83.9 Å². The molecule has 4 rings (SSSR count). The Morgan fingerprint density at radius 1 is 1.00 bits per heavy atom. The van der Waals surface area contributed by atoms with Crippen LogP contribution in [0.25, 0.3) is 0 Å². The quantitative estimate of drug-likeness (QED) is 0.495. The Morgan fingerprint density at radius 2 is 1.79 bits per heavy atom. The second-order valence-electron chi connectivity index (χ2n) is 7.46. The van der Waals surface area contributed by atoms with Gasteiger partial charge >= 0.3 is 0 Å². The number of aliphatic hydroxyl groups is 1. The summed E-state index contributed by atoms with van der Waals surface area (Å²) in [6.07, 6.45) is -0.944. The molecule has 1 atom stereocenters. The van der Waals surface area contributed by atoms with Gasteiger partial charge in [-0.05, 0) is 42.0 Å². The first kappa shape index (κ1) is 22.6. The van der Waals surface area contributed by atoms with Crippen molar-refractivity contribution in [3.8, 4) is 17.2 Å². The number of amides is 1. The first-order valence-corrected chi connectivity index (χ1v) is 11.9. The van der Waals surface area contributed by atoms with Crippen LogP contribution in [-0.2, 0) is 15.6 Å². The Morgan fingerprint density at radius 3 is 2.61 bits per heavy atom. The average molecular weight is 470 g/mol. The molecular weight excluding hydrogens is 446 g/mol. The number of hydrogen-bond donors (Lipinski definition) is 2. The molecule has 8 nitrogen and oxygen atoms in total. The van der Waals surface area contributed by atoms with Gasteiger partial charge in [0.2, 0.25) is 6.79 Å². The van der Waals surface area contributed by atoms with Gasteiger partial charge in [0, 0.05) is 18.2 Å². The maximum Gasteiger partial charge on any atom is 0.251 e. The van der Waals surface area contributed by atoms with Crippen molar-refractivity contribution in [1.29, 1.82) is 0 Å². The Bertz CT molecular complexity index is 1230. The second-order valence-corrected chi connectivity index (χ2v) is 9.45. The maximum atomic E-state index is 12.6. The van der Waals surface area contributed by atoms with Gasteiger partial charge in [-0.3, -0.25) is 4.79 Å². The summed E-state index contributed by atoms with van der Waals surface area (Å²) in [5.74, 6) is 1.08. The average Bonchev–Trinajstić information content (AvgIpc) is 3.29. The molecule has 1 amide bonds. The molecule has 172 valence electrons. The molecule has 3 aromatic carbocycles. The highest BCUT2D eigenvalue weighted by atomic mass is 32.2. The van der Waals surface area contributed by atoms with Crippen molar-refractivity contribution >= 4 is 15.7 Å². The van der Waals surface area contributed by atoms with E-state index >= 15 is 0 Å².